The van der Waals surface area contributed by atoms with E-state index in [0.717, 1.165) is 11.5 Å². The van der Waals surface area contributed by atoms with Crippen molar-refractivity contribution in [1.82, 2.24) is 0 Å². The Hall–Kier alpha value is -3.47. The number of nitrogens with one attached hydrogen (secondary N) is 1. The molecule has 1 amide bonds. The van der Waals surface area contributed by atoms with Crippen molar-refractivity contribution >= 4 is 11.6 Å². The van der Waals surface area contributed by atoms with Crippen LogP contribution < -0.4 is 19.5 Å². The van der Waals surface area contributed by atoms with E-state index in [1.165, 1.54) is 0 Å². The van der Waals surface area contributed by atoms with Crippen LogP contribution in [0.1, 0.15) is 24.2 Å². The van der Waals surface area contributed by atoms with E-state index in [1.807, 2.05) is 60.7 Å². The van der Waals surface area contributed by atoms with Gasteiger partial charge in [-0.05, 0) is 60.5 Å². The second kappa shape index (κ2) is 10.9. The number of carbonyl (C=O) groups excluding carboxylic acids is 1. The lowest BCUT2D eigenvalue weighted by Gasteiger charge is -2.11. The molecule has 0 bridgehead atoms. The molecule has 0 unspecified atom stereocenters. The van der Waals surface area contributed by atoms with Gasteiger partial charge in [0, 0.05) is 11.3 Å². The number of para-hydroxylation sites is 1. The van der Waals surface area contributed by atoms with Crippen molar-refractivity contribution in [3.8, 4) is 17.2 Å². The molecule has 30 heavy (non-hydrogen) atoms. The van der Waals surface area contributed by atoms with E-state index < -0.39 is 0 Å². The zero-order valence-electron chi connectivity index (χ0n) is 17.3. The molecular weight excluding hydrogens is 378 g/mol. The van der Waals surface area contributed by atoms with Crippen molar-refractivity contribution in [3.05, 3.63) is 84.4 Å². The fraction of sp³-hybridized carbons (Fsp3) is 0.240. The van der Waals surface area contributed by atoms with Crippen molar-refractivity contribution in [2.75, 3.05) is 25.1 Å². The average molecular weight is 405 g/mol. The highest BCUT2D eigenvalue weighted by Gasteiger charge is 2.08. The van der Waals surface area contributed by atoms with Gasteiger partial charge >= 0.3 is 0 Å². The lowest BCUT2D eigenvalue weighted by Crippen LogP contribution is -2.13. The number of hydrogen-bond donors (Lipinski definition) is 1. The van der Waals surface area contributed by atoms with Crippen molar-refractivity contribution in [1.29, 1.82) is 0 Å². The molecule has 3 aromatic carbocycles. The minimum Gasteiger partial charge on any atom is -0.493 e. The van der Waals surface area contributed by atoms with Gasteiger partial charge in [-0.3, -0.25) is 4.79 Å². The lowest BCUT2D eigenvalue weighted by molar-refractivity contribution is 0.102. The first-order chi connectivity index (χ1) is 14.6. The predicted octanol–water partition coefficient (Wildman–Crippen LogP) is 5.43. The number of rotatable bonds is 10. The van der Waals surface area contributed by atoms with Crippen molar-refractivity contribution in [3.63, 3.8) is 0 Å². The molecule has 0 saturated heterocycles. The summed E-state index contributed by atoms with van der Waals surface area (Å²) in [6.45, 7) is 5.67. The monoisotopic (exact) mass is 405 g/mol. The van der Waals surface area contributed by atoms with Crippen LogP contribution >= 0.6 is 0 Å². The van der Waals surface area contributed by atoms with Crippen LogP contribution in [0.15, 0.2) is 78.9 Å². The summed E-state index contributed by atoms with van der Waals surface area (Å²) in [6, 6.07) is 24.0. The molecule has 0 spiro atoms. The fourth-order valence-electron chi connectivity index (χ4n) is 2.66. The van der Waals surface area contributed by atoms with Gasteiger partial charge in [0.05, 0.1) is 6.61 Å². The summed E-state index contributed by atoms with van der Waals surface area (Å²) < 4.78 is 17.0. The number of hydrogen-bond acceptors (Lipinski definition) is 4. The quantitative estimate of drug-likeness (QED) is 0.457. The zero-order valence-corrected chi connectivity index (χ0v) is 17.3. The first kappa shape index (κ1) is 21.2. The average Bonchev–Trinajstić information content (AvgIpc) is 2.77. The zero-order chi connectivity index (χ0) is 21.2. The van der Waals surface area contributed by atoms with Crippen LogP contribution in [0.3, 0.4) is 0 Å². The third-order valence-corrected chi connectivity index (χ3v) is 4.16. The number of ether oxygens (including phenoxy) is 3. The Labute approximate surface area is 177 Å². The molecule has 0 aliphatic rings. The summed E-state index contributed by atoms with van der Waals surface area (Å²) in [4.78, 5) is 12.6. The third kappa shape index (κ3) is 6.85. The summed E-state index contributed by atoms with van der Waals surface area (Å²) >= 11 is 0. The maximum Gasteiger partial charge on any atom is 0.255 e. The summed E-state index contributed by atoms with van der Waals surface area (Å²) in [5.41, 5.74) is 1.23. The molecule has 0 heterocycles. The Morgan fingerprint density at radius 2 is 1.40 bits per heavy atom. The van der Waals surface area contributed by atoms with E-state index in [4.69, 9.17) is 14.2 Å². The Bertz CT molecular complexity index is 923. The Kier molecular flexibility index (Phi) is 7.72. The van der Waals surface area contributed by atoms with Crippen LogP contribution in [0.2, 0.25) is 0 Å². The number of benzene rings is 3. The van der Waals surface area contributed by atoms with Gasteiger partial charge in [-0.1, -0.05) is 38.1 Å². The second-order valence-electron chi connectivity index (χ2n) is 7.22. The molecule has 156 valence electrons. The van der Waals surface area contributed by atoms with Gasteiger partial charge in [0.15, 0.2) is 0 Å². The molecule has 5 nitrogen and oxygen atoms in total. The van der Waals surface area contributed by atoms with Crippen LogP contribution in [0.5, 0.6) is 17.2 Å². The molecule has 0 radical (unpaired) electrons. The van der Waals surface area contributed by atoms with Gasteiger partial charge in [-0.25, -0.2) is 0 Å². The second-order valence-corrected chi connectivity index (χ2v) is 7.22. The minimum absolute atomic E-state index is 0.197. The van der Waals surface area contributed by atoms with Crippen LogP contribution in [0, 0.1) is 5.92 Å². The summed E-state index contributed by atoms with van der Waals surface area (Å²) in [5, 5.41) is 2.89. The number of amides is 1. The van der Waals surface area contributed by atoms with E-state index in [0.29, 0.717) is 42.7 Å². The number of anilines is 1. The van der Waals surface area contributed by atoms with Crippen LogP contribution in [0.25, 0.3) is 0 Å². The summed E-state index contributed by atoms with van der Waals surface area (Å²) in [5.74, 6) is 2.47. The van der Waals surface area contributed by atoms with Gasteiger partial charge < -0.3 is 19.5 Å². The molecule has 1 N–H and O–H groups in total. The van der Waals surface area contributed by atoms with Crippen molar-refractivity contribution < 1.29 is 19.0 Å². The highest BCUT2D eigenvalue weighted by molar-refractivity contribution is 6.04. The van der Waals surface area contributed by atoms with Gasteiger partial charge in [0.1, 0.15) is 30.5 Å². The normalized spacial score (nSPS) is 10.5. The molecule has 3 rings (SSSR count). The maximum atomic E-state index is 12.6. The molecule has 3 aromatic rings. The van der Waals surface area contributed by atoms with Crippen LogP contribution in [0.4, 0.5) is 5.69 Å². The standard InChI is InChI=1S/C25H27NO4/c1-19(2)18-30-23-13-11-21(12-14-23)26-25(27)20-7-6-10-24(17-20)29-16-15-28-22-8-4-3-5-9-22/h3-14,17,19H,15-16,18H2,1-2H3,(H,26,27). The van der Waals surface area contributed by atoms with Gasteiger partial charge in [0.2, 0.25) is 0 Å². The molecule has 5 heteroatoms. The minimum atomic E-state index is -0.197. The van der Waals surface area contributed by atoms with Crippen molar-refractivity contribution in [2.45, 2.75) is 13.8 Å². The molecule has 0 fully saturated rings. The maximum absolute atomic E-state index is 12.6. The molecule has 0 aliphatic heterocycles. The van der Waals surface area contributed by atoms with E-state index in [1.54, 1.807) is 18.2 Å². The first-order valence-corrected chi connectivity index (χ1v) is 10.0. The van der Waals surface area contributed by atoms with Crippen LogP contribution in [-0.4, -0.2) is 25.7 Å². The molecule has 0 atom stereocenters. The van der Waals surface area contributed by atoms with Gasteiger partial charge in [-0.15, -0.1) is 0 Å². The Morgan fingerprint density at radius 3 is 2.10 bits per heavy atom. The van der Waals surface area contributed by atoms with Gasteiger partial charge in [-0.2, -0.15) is 0 Å². The SMILES string of the molecule is CC(C)COc1ccc(NC(=O)c2cccc(OCCOc3ccccc3)c2)cc1. The largest absolute Gasteiger partial charge is 0.493 e. The highest BCUT2D eigenvalue weighted by Crippen LogP contribution is 2.19. The van der Waals surface area contributed by atoms with Gasteiger partial charge in [0.25, 0.3) is 5.91 Å². The van der Waals surface area contributed by atoms with E-state index in [9.17, 15) is 4.79 Å². The smallest absolute Gasteiger partial charge is 0.255 e. The topological polar surface area (TPSA) is 56.8 Å². The Morgan fingerprint density at radius 1 is 0.767 bits per heavy atom. The molecule has 0 aliphatic carbocycles. The van der Waals surface area contributed by atoms with E-state index >= 15 is 0 Å². The van der Waals surface area contributed by atoms with Crippen LogP contribution in [-0.2, 0) is 0 Å². The van der Waals surface area contributed by atoms with E-state index in [2.05, 4.69) is 19.2 Å². The predicted molar refractivity (Wildman–Crippen MR) is 119 cm³/mol. The summed E-state index contributed by atoms with van der Waals surface area (Å²) in [7, 11) is 0. The fourth-order valence-corrected chi connectivity index (χ4v) is 2.66. The molecule has 0 saturated carbocycles. The van der Waals surface area contributed by atoms with Crippen molar-refractivity contribution in [2.24, 2.45) is 5.92 Å². The highest BCUT2D eigenvalue weighted by atomic mass is 16.5. The lowest BCUT2D eigenvalue weighted by atomic mass is 10.2. The molecular formula is C25H27NO4. The Balaban J connectivity index is 1.49. The number of carbonyl (C=O) groups is 1. The first-order valence-electron chi connectivity index (χ1n) is 10.0. The molecule has 0 aromatic heterocycles. The summed E-state index contributed by atoms with van der Waals surface area (Å²) in [6.07, 6.45) is 0. The third-order valence-electron chi connectivity index (χ3n) is 4.16. The van der Waals surface area contributed by atoms with E-state index in [-0.39, 0.29) is 5.91 Å².